The van der Waals surface area contributed by atoms with Crippen LogP contribution >= 0.6 is 0 Å². The Labute approximate surface area is 208 Å². The molecule has 0 aliphatic heterocycles. The molecule has 7 nitrogen and oxygen atoms in total. The van der Waals surface area contributed by atoms with E-state index in [9.17, 15) is 8.42 Å². The normalized spacial score (nSPS) is 15.3. The molecule has 2 aliphatic carbocycles. The van der Waals surface area contributed by atoms with Crippen LogP contribution in [-0.4, -0.2) is 37.9 Å². The quantitative estimate of drug-likeness (QED) is 0.317. The molecule has 1 heterocycles. The van der Waals surface area contributed by atoms with Crippen molar-refractivity contribution >= 4 is 29.5 Å². The Morgan fingerprint density at radius 1 is 1.00 bits per heavy atom. The summed E-state index contributed by atoms with van der Waals surface area (Å²) in [5.74, 6) is 0.308. The largest absolute Gasteiger partial charge is 0.359 e. The van der Waals surface area contributed by atoms with Gasteiger partial charge < -0.3 is 10.1 Å². The van der Waals surface area contributed by atoms with Crippen LogP contribution in [-0.2, 0) is 47.0 Å². The minimum absolute atomic E-state index is 0.0472. The number of fused-ring (bicyclic) bond motifs is 2. The second-order valence-electron chi connectivity index (χ2n) is 10.7. The van der Waals surface area contributed by atoms with E-state index in [-0.39, 0.29) is 16.8 Å². The average Bonchev–Trinajstić information content (AvgIpc) is 3.56. The Bertz CT molecular complexity index is 1300. The van der Waals surface area contributed by atoms with E-state index in [4.69, 9.17) is 4.74 Å². The fraction of sp³-hybridized carbons (Fsp3) is 0.462. The number of rotatable bonds is 9. The van der Waals surface area contributed by atoms with Gasteiger partial charge in [-0.1, -0.05) is 43.9 Å². The van der Waals surface area contributed by atoms with Crippen molar-refractivity contribution in [3.8, 4) is 0 Å². The third kappa shape index (κ3) is 5.08. The summed E-state index contributed by atoms with van der Waals surface area (Å²) in [4.78, 5) is 4.71. The van der Waals surface area contributed by atoms with Crippen LogP contribution in [0.4, 0.5) is 11.6 Å². The third-order valence-electron chi connectivity index (χ3n) is 6.85. The Morgan fingerprint density at radius 3 is 2.29 bits per heavy atom. The Hall–Kier alpha value is -2.49. The molecule has 0 amide bonds. The van der Waals surface area contributed by atoms with E-state index >= 15 is 0 Å². The molecule has 2 aliphatic rings. The van der Waals surface area contributed by atoms with Crippen LogP contribution in [0.1, 0.15) is 35.1 Å². The SMILES string of the molecule is C[Si](C)(C)CCOCn1nc(Nc2c3c(cc4c2CCC4)CCC3)nc1S(=O)(=O)c1ccccc1. The number of hydrogen-bond donors (Lipinski definition) is 1. The first-order valence-electron chi connectivity index (χ1n) is 12.5. The van der Waals surface area contributed by atoms with Gasteiger partial charge >= 0.3 is 0 Å². The van der Waals surface area contributed by atoms with Gasteiger partial charge in [0.2, 0.25) is 15.8 Å². The maximum absolute atomic E-state index is 13.5. The molecule has 35 heavy (non-hydrogen) atoms. The molecule has 2 aromatic carbocycles. The van der Waals surface area contributed by atoms with Crippen LogP contribution < -0.4 is 5.32 Å². The summed E-state index contributed by atoms with van der Waals surface area (Å²) in [6.07, 6.45) is 6.54. The smallest absolute Gasteiger partial charge is 0.254 e. The van der Waals surface area contributed by atoms with Crippen molar-refractivity contribution < 1.29 is 13.2 Å². The second kappa shape index (κ2) is 9.52. The maximum atomic E-state index is 13.5. The topological polar surface area (TPSA) is 86.1 Å². The zero-order chi connectivity index (χ0) is 24.6. The van der Waals surface area contributed by atoms with Gasteiger partial charge in [0, 0.05) is 20.4 Å². The van der Waals surface area contributed by atoms with Gasteiger partial charge in [-0.15, -0.1) is 5.10 Å². The van der Waals surface area contributed by atoms with Gasteiger partial charge in [0.15, 0.2) is 0 Å². The Morgan fingerprint density at radius 2 is 1.66 bits per heavy atom. The Balaban J connectivity index is 1.49. The number of anilines is 2. The molecule has 1 aromatic heterocycles. The lowest BCUT2D eigenvalue weighted by Crippen LogP contribution is -2.22. The highest BCUT2D eigenvalue weighted by molar-refractivity contribution is 7.91. The highest BCUT2D eigenvalue weighted by Gasteiger charge is 2.29. The van der Waals surface area contributed by atoms with Gasteiger partial charge in [0.25, 0.3) is 5.16 Å². The van der Waals surface area contributed by atoms with Gasteiger partial charge in [-0.25, -0.2) is 13.1 Å². The van der Waals surface area contributed by atoms with Gasteiger partial charge in [-0.2, -0.15) is 4.98 Å². The molecular weight excluding hydrogens is 476 g/mol. The number of hydrogen-bond acceptors (Lipinski definition) is 6. The fourth-order valence-corrected chi connectivity index (χ4v) is 7.04. The number of sulfone groups is 1. The van der Waals surface area contributed by atoms with Crippen molar-refractivity contribution in [2.45, 2.75) is 81.0 Å². The summed E-state index contributed by atoms with van der Waals surface area (Å²) in [6.45, 7) is 7.48. The standard InChI is InChI=1S/C26H34N4O3SSi/c1-35(2,3)16-15-33-18-30-26(34(31,32)21-11-5-4-6-12-21)28-25(29-30)27-24-22-13-7-9-19(22)17-20-10-8-14-23(20)24/h4-6,11-12,17H,7-10,13-16,18H2,1-3H3,(H,27,29). The average molecular weight is 511 g/mol. The monoisotopic (exact) mass is 510 g/mol. The minimum atomic E-state index is -3.85. The molecule has 3 aromatic rings. The van der Waals surface area contributed by atoms with E-state index in [2.05, 4.69) is 41.1 Å². The van der Waals surface area contributed by atoms with Crippen LogP contribution in [0.5, 0.6) is 0 Å². The van der Waals surface area contributed by atoms with Crippen LogP contribution in [0.15, 0.2) is 46.5 Å². The summed E-state index contributed by atoms with van der Waals surface area (Å²) in [5, 5.41) is 7.94. The molecule has 0 saturated carbocycles. The second-order valence-corrected chi connectivity index (χ2v) is 18.2. The first-order valence-corrected chi connectivity index (χ1v) is 17.7. The van der Waals surface area contributed by atoms with E-state index in [1.165, 1.54) is 26.9 Å². The number of nitrogens with zero attached hydrogens (tertiary/aromatic N) is 3. The lowest BCUT2D eigenvalue weighted by Gasteiger charge is -2.15. The molecule has 0 fully saturated rings. The van der Waals surface area contributed by atoms with Crippen molar-refractivity contribution in [2.24, 2.45) is 0 Å². The van der Waals surface area contributed by atoms with Crippen molar-refractivity contribution in [2.75, 3.05) is 11.9 Å². The molecule has 1 N–H and O–H groups in total. The predicted molar refractivity (Wildman–Crippen MR) is 140 cm³/mol. The van der Waals surface area contributed by atoms with Crippen LogP contribution in [0.2, 0.25) is 25.7 Å². The molecule has 0 bridgehead atoms. The first-order chi connectivity index (χ1) is 16.7. The van der Waals surface area contributed by atoms with Gasteiger partial charge in [0.1, 0.15) is 6.73 Å². The number of aromatic nitrogens is 3. The lowest BCUT2D eigenvalue weighted by atomic mass is 9.99. The van der Waals surface area contributed by atoms with E-state index in [0.717, 1.165) is 50.3 Å². The van der Waals surface area contributed by atoms with Crippen LogP contribution in [0, 0.1) is 0 Å². The third-order valence-corrected chi connectivity index (χ3v) is 10.2. The molecular formula is C26H34N4O3SSi. The predicted octanol–water partition coefficient (Wildman–Crippen LogP) is 5.14. The molecule has 0 radical (unpaired) electrons. The zero-order valence-corrected chi connectivity index (χ0v) is 22.6. The van der Waals surface area contributed by atoms with E-state index < -0.39 is 17.9 Å². The van der Waals surface area contributed by atoms with Gasteiger partial charge in [-0.05, 0) is 79.0 Å². The van der Waals surface area contributed by atoms with E-state index in [1.54, 1.807) is 30.3 Å². The molecule has 0 atom stereocenters. The van der Waals surface area contributed by atoms with E-state index in [1.807, 2.05) is 0 Å². The molecule has 0 saturated heterocycles. The number of nitrogens with one attached hydrogen (secondary N) is 1. The van der Waals surface area contributed by atoms with Crippen LogP contribution in [0.3, 0.4) is 0 Å². The summed E-state index contributed by atoms with van der Waals surface area (Å²) in [6, 6.07) is 11.8. The molecule has 0 spiro atoms. The van der Waals surface area contributed by atoms with E-state index in [0.29, 0.717) is 12.6 Å². The fourth-order valence-electron chi connectivity index (χ4n) is 4.98. The molecule has 186 valence electrons. The first kappa shape index (κ1) is 24.2. The van der Waals surface area contributed by atoms with Gasteiger partial charge in [-0.3, -0.25) is 0 Å². The number of ether oxygens (including phenoxy) is 1. The highest BCUT2D eigenvalue weighted by Crippen LogP contribution is 2.39. The Kier molecular flexibility index (Phi) is 6.58. The van der Waals surface area contributed by atoms with Crippen molar-refractivity contribution in [1.82, 2.24) is 14.8 Å². The number of benzene rings is 2. The van der Waals surface area contributed by atoms with Crippen LogP contribution in [0.25, 0.3) is 0 Å². The van der Waals surface area contributed by atoms with Crippen molar-refractivity contribution in [3.63, 3.8) is 0 Å². The zero-order valence-electron chi connectivity index (χ0n) is 20.8. The minimum Gasteiger partial charge on any atom is -0.359 e. The van der Waals surface area contributed by atoms with Gasteiger partial charge in [0.05, 0.1) is 4.90 Å². The highest BCUT2D eigenvalue weighted by atomic mass is 32.2. The van der Waals surface area contributed by atoms with Crippen molar-refractivity contribution in [3.05, 3.63) is 58.7 Å². The lowest BCUT2D eigenvalue weighted by molar-refractivity contribution is 0.0715. The molecule has 5 rings (SSSR count). The number of aryl methyl sites for hydroxylation is 2. The maximum Gasteiger partial charge on any atom is 0.254 e. The summed E-state index contributed by atoms with van der Waals surface area (Å²) in [5.41, 5.74) is 6.56. The summed E-state index contributed by atoms with van der Waals surface area (Å²) in [7, 11) is -5.12. The molecule has 9 heteroatoms. The summed E-state index contributed by atoms with van der Waals surface area (Å²) < 4.78 is 34.2. The van der Waals surface area contributed by atoms with Crippen molar-refractivity contribution in [1.29, 1.82) is 0 Å². The molecule has 0 unspecified atom stereocenters. The summed E-state index contributed by atoms with van der Waals surface area (Å²) >= 11 is 0.